The molecule has 0 saturated heterocycles. The molecule has 0 spiro atoms. The van der Waals surface area contributed by atoms with E-state index in [4.69, 9.17) is 0 Å². The van der Waals surface area contributed by atoms with E-state index in [2.05, 4.69) is 43.4 Å². The van der Waals surface area contributed by atoms with Gasteiger partial charge in [0.25, 0.3) is 0 Å². The van der Waals surface area contributed by atoms with Gasteiger partial charge in [-0.25, -0.2) is 0 Å². The van der Waals surface area contributed by atoms with Gasteiger partial charge in [0.15, 0.2) is 0 Å². The van der Waals surface area contributed by atoms with Crippen LogP contribution in [0.5, 0.6) is 0 Å². The van der Waals surface area contributed by atoms with Crippen LogP contribution in [-0.4, -0.2) is 6.54 Å². The molecule has 0 aromatic heterocycles. The average Bonchev–Trinajstić information content (AvgIpc) is 2.85. The van der Waals surface area contributed by atoms with Crippen molar-refractivity contribution in [2.75, 3.05) is 6.54 Å². The Morgan fingerprint density at radius 2 is 1.94 bits per heavy atom. The van der Waals surface area contributed by atoms with E-state index in [0.717, 1.165) is 12.5 Å². The summed E-state index contributed by atoms with van der Waals surface area (Å²) in [5.41, 5.74) is 2.96. The minimum Gasteiger partial charge on any atom is -0.310 e. The monoisotopic (exact) mass is 231 g/mol. The molecule has 1 N–H and O–H groups in total. The number of hydrogen-bond donors (Lipinski definition) is 1. The van der Waals surface area contributed by atoms with Crippen LogP contribution >= 0.6 is 0 Å². The summed E-state index contributed by atoms with van der Waals surface area (Å²) in [6, 6.07) is 9.45. The Labute approximate surface area is 106 Å². The van der Waals surface area contributed by atoms with Gasteiger partial charge in [-0.15, -0.1) is 0 Å². The Hall–Kier alpha value is -0.820. The third-order valence-corrected chi connectivity index (χ3v) is 4.01. The molecule has 2 rings (SSSR count). The fourth-order valence-electron chi connectivity index (χ4n) is 3.06. The van der Waals surface area contributed by atoms with Crippen LogP contribution in [0.15, 0.2) is 24.3 Å². The minimum absolute atomic E-state index is 0.582. The van der Waals surface area contributed by atoms with Crippen molar-refractivity contribution in [2.24, 2.45) is 5.92 Å². The second-order valence-electron chi connectivity index (χ2n) is 5.33. The summed E-state index contributed by atoms with van der Waals surface area (Å²) < 4.78 is 0. The lowest BCUT2D eigenvalue weighted by atomic mass is 9.89. The van der Waals surface area contributed by atoms with E-state index in [-0.39, 0.29) is 0 Å². The van der Waals surface area contributed by atoms with E-state index < -0.39 is 0 Å². The van der Waals surface area contributed by atoms with Crippen molar-refractivity contribution in [2.45, 2.75) is 52.0 Å². The zero-order valence-electron chi connectivity index (χ0n) is 11.2. The lowest BCUT2D eigenvalue weighted by molar-refractivity contribution is 0.367. The lowest BCUT2D eigenvalue weighted by Gasteiger charge is -2.26. The molecule has 0 radical (unpaired) electrons. The molecule has 0 aliphatic heterocycles. The minimum atomic E-state index is 0.582. The van der Waals surface area contributed by atoms with Crippen LogP contribution in [0.4, 0.5) is 0 Å². The van der Waals surface area contributed by atoms with E-state index in [9.17, 15) is 0 Å². The van der Waals surface area contributed by atoms with E-state index in [1.165, 1.54) is 43.2 Å². The van der Waals surface area contributed by atoms with Gasteiger partial charge >= 0.3 is 0 Å². The smallest absolute Gasteiger partial charge is 0.0351 e. The van der Waals surface area contributed by atoms with Crippen LogP contribution < -0.4 is 5.32 Å². The van der Waals surface area contributed by atoms with Crippen molar-refractivity contribution >= 4 is 0 Å². The normalized spacial score (nSPS) is 18.5. The molecular formula is C16H25N. The van der Waals surface area contributed by atoms with E-state index in [1.807, 2.05) is 0 Å². The third kappa shape index (κ3) is 3.10. The maximum absolute atomic E-state index is 3.77. The van der Waals surface area contributed by atoms with Crippen molar-refractivity contribution in [1.29, 1.82) is 0 Å². The highest BCUT2D eigenvalue weighted by Gasteiger charge is 2.26. The largest absolute Gasteiger partial charge is 0.310 e. The van der Waals surface area contributed by atoms with Gasteiger partial charge in [-0.3, -0.25) is 0 Å². The van der Waals surface area contributed by atoms with Gasteiger partial charge in [0.1, 0.15) is 0 Å². The second kappa shape index (κ2) is 6.20. The Morgan fingerprint density at radius 3 is 2.59 bits per heavy atom. The molecule has 1 fully saturated rings. The fraction of sp³-hybridized carbons (Fsp3) is 0.625. The van der Waals surface area contributed by atoms with Gasteiger partial charge in [-0.1, -0.05) is 44.0 Å². The molecule has 1 aromatic carbocycles. The fourth-order valence-corrected chi connectivity index (χ4v) is 3.06. The third-order valence-electron chi connectivity index (χ3n) is 4.01. The molecule has 1 nitrogen and oxygen atoms in total. The highest BCUT2D eigenvalue weighted by molar-refractivity contribution is 5.29. The molecule has 1 aliphatic carbocycles. The van der Waals surface area contributed by atoms with Gasteiger partial charge in [-0.2, -0.15) is 0 Å². The summed E-state index contributed by atoms with van der Waals surface area (Å²) in [4.78, 5) is 0. The Bertz CT molecular complexity index is 339. The molecule has 0 heterocycles. The van der Waals surface area contributed by atoms with Crippen LogP contribution in [-0.2, 0) is 0 Å². The Kier molecular flexibility index (Phi) is 4.61. The van der Waals surface area contributed by atoms with E-state index >= 15 is 0 Å². The number of rotatable bonds is 5. The second-order valence-corrected chi connectivity index (χ2v) is 5.33. The van der Waals surface area contributed by atoms with Crippen molar-refractivity contribution < 1.29 is 0 Å². The summed E-state index contributed by atoms with van der Waals surface area (Å²) in [5, 5.41) is 3.77. The van der Waals surface area contributed by atoms with Gasteiger partial charge in [0, 0.05) is 6.04 Å². The van der Waals surface area contributed by atoms with Gasteiger partial charge < -0.3 is 5.32 Å². The van der Waals surface area contributed by atoms with Crippen LogP contribution in [0.3, 0.4) is 0 Å². The molecule has 1 heteroatoms. The van der Waals surface area contributed by atoms with Crippen LogP contribution in [0.25, 0.3) is 0 Å². The summed E-state index contributed by atoms with van der Waals surface area (Å²) in [6.45, 7) is 5.62. The molecular weight excluding hydrogens is 206 g/mol. The molecule has 1 saturated carbocycles. The quantitative estimate of drug-likeness (QED) is 0.800. The number of hydrogen-bond acceptors (Lipinski definition) is 1. The van der Waals surface area contributed by atoms with Crippen LogP contribution in [0, 0.1) is 12.8 Å². The number of benzene rings is 1. The molecule has 1 aromatic rings. The number of aryl methyl sites for hydroxylation is 1. The highest BCUT2D eigenvalue weighted by Crippen LogP contribution is 2.36. The van der Waals surface area contributed by atoms with E-state index in [0.29, 0.717) is 6.04 Å². The lowest BCUT2D eigenvalue weighted by Crippen LogP contribution is -2.28. The molecule has 1 atom stereocenters. The summed E-state index contributed by atoms with van der Waals surface area (Å²) in [5.74, 6) is 0.850. The van der Waals surface area contributed by atoms with Crippen molar-refractivity contribution in [3.63, 3.8) is 0 Å². The van der Waals surface area contributed by atoms with Crippen LogP contribution in [0.1, 0.15) is 56.2 Å². The molecule has 17 heavy (non-hydrogen) atoms. The summed E-state index contributed by atoms with van der Waals surface area (Å²) in [7, 11) is 0. The predicted molar refractivity (Wildman–Crippen MR) is 74.2 cm³/mol. The molecule has 1 unspecified atom stereocenters. The SMILES string of the molecule is CCCNC(c1ccccc1C)C1CCCC1. The van der Waals surface area contributed by atoms with E-state index in [1.54, 1.807) is 0 Å². The van der Waals surface area contributed by atoms with Gasteiger partial charge in [0.05, 0.1) is 0 Å². The maximum atomic E-state index is 3.77. The molecule has 1 aliphatic rings. The van der Waals surface area contributed by atoms with Crippen LogP contribution in [0.2, 0.25) is 0 Å². The summed E-state index contributed by atoms with van der Waals surface area (Å²) in [6.07, 6.45) is 6.85. The van der Waals surface area contributed by atoms with Gasteiger partial charge in [0.2, 0.25) is 0 Å². The first kappa shape index (κ1) is 12.6. The van der Waals surface area contributed by atoms with Crippen molar-refractivity contribution in [3.05, 3.63) is 35.4 Å². The summed E-state index contributed by atoms with van der Waals surface area (Å²) >= 11 is 0. The average molecular weight is 231 g/mol. The predicted octanol–water partition coefficient (Wildman–Crippen LogP) is 4.23. The van der Waals surface area contributed by atoms with Crippen molar-refractivity contribution in [3.8, 4) is 0 Å². The first-order valence-electron chi connectivity index (χ1n) is 7.12. The first-order valence-corrected chi connectivity index (χ1v) is 7.12. The molecule has 94 valence electrons. The zero-order valence-corrected chi connectivity index (χ0v) is 11.2. The molecule has 0 amide bonds. The standard InChI is InChI=1S/C16H25N/c1-3-12-17-16(14-9-5-6-10-14)15-11-7-4-8-13(15)2/h4,7-8,11,14,16-17H,3,5-6,9-10,12H2,1-2H3. The Balaban J connectivity index is 2.16. The van der Waals surface area contributed by atoms with Crippen molar-refractivity contribution in [1.82, 2.24) is 5.32 Å². The highest BCUT2D eigenvalue weighted by atomic mass is 14.9. The topological polar surface area (TPSA) is 12.0 Å². The Morgan fingerprint density at radius 1 is 1.24 bits per heavy atom. The van der Waals surface area contributed by atoms with Gasteiger partial charge in [-0.05, 0) is 49.8 Å². The first-order chi connectivity index (χ1) is 8.33. The number of nitrogens with one attached hydrogen (secondary N) is 1. The zero-order chi connectivity index (χ0) is 12.1. The maximum Gasteiger partial charge on any atom is 0.0351 e. The molecule has 0 bridgehead atoms.